The van der Waals surface area contributed by atoms with Gasteiger partial charge in [0.1, 0.15) is 0 Å². The van der Waals surface area contributed by atoms with Crippen molar-refractivity contribution >= 4 is 31.8 Å². The van der Waals surface area contributed by atoms with Gasteiger partial charge in [-0.05, 0) is 0 Å². The summed E-state index contributed by atoms with van der Waals surface area (Å²) < 4.78 is 12.1. The topological polar surface area (TPSA) is 52.6 Å². The van der Waals surface area contributed by atoms with Crippen LogP contribution >= 0.6 is 19.8 Å². The Morgan fingerprint density at radius 1 is 1.41 bits per heavy atom. The second-order valence-corrected chi connectivity index (χ2v) is 16.5. The van der Waals surface area contributed by atoms with Crippen LogP contribution in [0.3, 0.4) is 0 Å². The number of carbonyl (C=O) groups excluding carboxylic acids is 2. The number of hydrogen-bond acceptors (Lipinski definition) is 4. The molecule has 2 bridgehead atoms. The van der Waals surface area contributed by atoms with Gasteiger partial charge in [0.05, 0.1) is 0 Å². The molecule has 3 aliphatic rings. The Morgan fingerprint density at radius 3 is 2.77 bits per heavy atom. The van der Waals surface area contributed by atoms with E-state index in [0.717, 1.165) is 17.3 Å². The summed E-state index contributed by atoms with van der Waals surface area (Å²) in [5.41, 5.74) is 0. The number of carbonyl (C=O) groups is 2. The molecule has 0 aromatic carbocycles. The van der Waals surface area contributed by atoms with E-state index in [1.807, 2.05) is 0 Å². The van der Waals surface area contributed by atoms with Gasteiger partial charge in [0.2, 0.25) is 0 Å². The van der Waals surface area contributed by atoms with Crippen LogP contribution in [0.5, 0.6) is 0 Å². The van der Waals surface area contributed by atoms with Crippen molar-refractivity contribution < 1.29 is 40.3 Å². The maximum absolute atomic E-state index is 12.8. The van der Waals surface area contributed by atoms with E-state index in [1.54, 1.807) is 0 Å². The van der Waals surface area contributed by atoms with E-state index >= 15 is 0 Å². The van der Waals surface area contributed by atoms with Crippen LogP contribution in [0.4, 0.5) is 0 Å². The van der Waals surface area contributed by atoms with Crippen LogP contribution in [-0.2, 0) is 19.1 Å². The molecule has 6 heteroatoms. The Balaban J connectivity index is 1.65. The summed E-state index contributed by atoms with van der Waals surface area (Å²) in [6, 6.07) is 0. The zero-order chi connectivity index (χ0) is 16.1. The first-order valence-corrected chi connectivity index (χ1v) is 16.8. The third kappa shape index (κ3) is 2.91. The molecular formula is C16H25I2O4-. The monoisotopic (exact) mass is 535 g/mol. The van der Waals surface area contributed by atoms with E-state index < -0.39 is 19.8 Å². The molecule has 0 N–H and O–H groups in total. The Hall–Kier alpha value is 0.400. The number of ether oxygens (including phenoxy) is 2. The molecule has 6 atom stereocenters. The summed E-state index contributed by atoms with van der Waals surface area (Å²) in [6.45, 7) is 2.65. The average molecular weight is 535 g/mol. The van der Waals surface area contributed by atoms with Crippen molar-refractivity contribution in [3.8, 4) is 0 Å². The quantitative estimate of drug-likeness (QED) is 0.257. The third-order valence-corrected chi connectivity index (χ3v) is 13.1. The molecule has 1 saturated heterocycles. The molecule has 0 amide bonds. The third-order valence-electron chi connectivity index (χ3n) is 5.42. The fourth-order valence-corrected chi connectivity index (χ4v) is 14.2. The van der Waals surface area contributed by atoms with Gasteiger partial charge in [0.25, 0.3) is 0 Å². The van der Waals surface area contributed by atoms with Gasteiger partial charge < -0.3 is 0 Å². The Labute approximate surface area is 150 Å². The molecule has 1 heterocycles. The number of cyclic esters (lactones) is 1. The van der Waals surface area contributed by atoms with Gasteiger partial charge in [-0.25, -0.2) is 0 Å². The average Bonchev–Trinajstić information content (AvgIpc) is 3.11. The molecule has 0 radical (unpaired) electrons. The predicted molar refractivity (Wildman–Crippen MR) is 89.1 cm³/mol. The van der Waals surface area contributed by atoms with Crippen molar-refractivity contribution in [3.05, 3.63) is 0 Å². The summed E-state index contributed by atoms with van der Waals surface area (Å²) in [4.78, 5) is 31.4. The van der Waals surface area contributed by atoms with Crippen LogP contribution in [0, 0.1) is 23.7 Å². The van der Waals surface area contributed by atoms with Gasteiger partial charge in [-0.1, -0.05) is 0 Å². The van der Waals surface area contributed by atoms with Gasteiger partial charge in [-0.2, -0.15) is 0 Å². The van der Waals surface area contributed by atoms with Gasteiger partial charge in [-0.15, -0.1) is 0 Å². The first-order chi connectivity index (χ1) is 10.4. The molecule has 3 rings (SSSR count). The number of esters is 2. The summed E-state index contributed by atoms with van der Waals surface area (Å²) in [5.74, 6) is 1.14. The van der Waals surface area contributed by atoms with Crippen LogP contribution < -0.4 is 21.2 Å². The molecule has 3 fully saturated rings. The Kier molecular flexibility index (Phi) is 4.99. The van der Waals surface area contributed by atoms with Crippen molar-refractivity contribution in [3.63, 3.8) is 0 Å². The molecule has 1 aliphatic heterocycles. The van der Waals surface area contributed by atoms with Crippen molar-refractivity contribution in [2.45, 2.75) is 29.3 Å². The summed E-state index contributed by atoms with van der Waals surface area (Å²) in [5, 5.41) is 0. The molecule has 0 aromatic heterocycles. The Bertz CT molecular complexity index is 481. The van der Waals surface area contributed by atoms with E-state index in [-0.39, 0.29) is 48.6 Å². The van der Waals surface area contributed by atoms with Gasteiger partial charge in [0.15, 0.2) is 0 Å². The summed E-state index contributed by atoms with van der Waals surface area (Å²) >= 11 is -1.14. The summed E-state index contributed by atoms with van der Waals surface area (Å²) in [6.07, 6.45) is 1.94. The Morgan fingerprint density at radius 2 is 2.14 bits per heavy atom. The molecule has 6 unspecified atom stereocenters. The molecule has 22 heavy (non-hydrogen) atoms. The molecule has 0 aromatic rings. The van der Waals surface area contributed by atoms with Crippen LogP contribution in [-0.4, -0.2) is 47.3 Å². The van der Waals surface area contributed by atoms with Crippen molar-refractivity contribution in [1.29, 1.82) is 0 Å². The van der Waals surface area contributed by atoms with Crippen molar-refractivity contribution in [2.75, 3.05) is 25.8 Å². The van der Waals surface area contributed by atoms with E-state index in [2.05, 4.69) is 21.7 Å². The minimum absolute atomic E-state index is 0.0156. The second-order valence-electron chi connectivity index (χ2n) is 7.09. The molecule has 128 valence electrons. The van der Waals surface area contributed by atoms with Gasteiger partial charge in [0, 0.05) is 0 Å². The number of fused-ring (bicyclic) bond motifs is 5. The fraction of sp³-hybridized carbons (Fsp3) is 0.875. The van der Waals surface area contributed by atoms with Crippen LogP contribution in [0.15, 0.2) is 0 Å². The minimum atomic E-state index is -0.962. The predicted octanol–water partition coefficient (Wildman–Crippen LogP) is -1.03. The molecule has 0 spiro atoms. The molecule has 2 aliphatic carbocycles. The van der Waals surface area contributed by atoms with Gasteiger partial charge >= 0.3 is 151 Å². The molecule has 4 nitrogen and oxygen atoms in total. The van der Waals surface area contributed by atoms with E-state index in [4.69, 9.17) is 9.47 Å². The first kappa shape index (κ1) is 17.2. The summed E-state index contributed by atoms with van der Waals surface area (Å²) in [7, 11) is 0. The normalized spacial score (nSPS) is 39.4. The van der Waals surface area contributed by atoms with Crippen molar-refractivity contribution in [2.24, 2.45) is 23.7 Å². The standard InChI is InChI=1S/C16H25I2O4/c1-16(17-2,8-18(3)4)15(20)22-12-6-9-5-10(12)11-7-21-14(19)13(9)11/h9-13H,5-8H2,1-4H3/q-1. The zero-order valence-corrected chi connectivity index (χ0v) is 17.9. The zero-order valence-electron chi connectivity index (χ0n) is 13.6. The number of alkyl halides is 5. The second kappa shape index (κ2) is 6.37. The number of hydrogen-bond donors (Lipinski definition) is 0. The maximum atomic E-state index is 12.8. The van der Waals surface area contributed by atoms with E-state index in [1.165, 1.54) is 0 Å². The van der Waals surface area contributed by atoms with E-state index in [0.29, 0.717) is 24.4 Å². The number of rotatable bonds is 5. The molecular weight excluding hydrogens is 510 g/mol. The molecule has 2 saturated carbocycles. The van der Waals surface area contributed by atoms with Crippen LogP contribution in [0.2, 0.25) is 0 Å². The number of halogens is 2. The van der Waals surface area contributed by atoms with Gasteiger partial charge in [-0.3, -0.25) is 0 Å². The SMILES string of the molecule is C[I-]C(C)(CI(C)C)C(=O)OC1CC2CC1C1COC(=O)C21. The fourth-order valence-electron chi connectivity index (χ4n) is 4.38. The van der Waals surface area contributed by atoms with Crippen molar-refractivity contribution in [1.82, 2.24) is 0 Å². The van der Waals surface area contributed by atoms with Crippen LogP contribution in [0.25, 0.3) is 0 Å². The van der Waals surface area contributed by atoms with E-state index in [9.17, 15) is 9.59 Å². The van der Waals surface area contributed by atoms with Crippen LogP contribution in [0.1, 0.15) is 19.8 Å². The first-order valence-electron chi connectivity index (χ1n) is 7.70.